The van der Waals surface area contributed by atoms with Crippen molar-refractivity contribution in [1.82, 2.24) is 15.1 Å². The molecule has 0 aliphatic carbocycles. The van der Waals surface area contributed by atoms with E-state index in [0.717, 1.165) is 13.0 Å². The summed E-state index contributed by atoms with van der Waals surface area (Å²) < 4.78 is 1.88. The Morgan fingerprint density at radius 1 is 1.39 bits per heavy atom. The van der Waals surface area contributed by atoms with Gasteiger partial charge in [-0.25, -0.2) is 0 Å². The molecule has 0 saturated carbocycles. The summed E-state index contributed by atoms with van der Waals surface area (Å²) >= 11 is 0. The van der Waals surface area contributed by atoms with Crippen LogP contribution in [0, 0.1) is 5.41 Å². The van der Waals surface area contributed by atoms with E-state index < -0.39 is 0 Å². The molecule has 0 fully saturated rings. The summed E-state index contributed by atoms with van der Waals surface area (Å²) in [5, 5.41) is 7.89. The van der Waals surface area contributed by atoms with Gasteiger partial charge in [-0.15, -0.1) is 0 Å². The molecule has 0 radical (unpaired) electrons. The first kappa shape index (κ1) is 15.2. The van der Waals surface area contributed by atoms with Gasteiger partial charge in [0.15, 0.2) is 0 Å². The van der Waals surface area contributed by atoms with Gasteiger partial charge in [-0.05, 0) is 43.2 Å². The average Bonchev–Trinajstić information content (AvgIpc) is 2.67. The van der Waals surface area contributed by atoms with Gasteiger partial charge in [0, 0.05) is 19.3 Å². The van der Waals surface area contributed by atoms with Crippen LogP contribution < -0.4 is 5.32 Å². The number of aryl methyl sites for hydroxylation is 2. The van der Waals surface area contributed by atoms with E-state index in [-0.39, 0.29) is 0 Å². The molecule has 0 spiro atoms. The van der Waals surface area contributed by atoms with Crippen molar-refractivity contribution in [2.45, 2.75) is 59.4 Å². The van der Waals surface area contributed by atoms with Crippen LogP contribution in [0.5, 0.6) is 0 Å². The van der Waals surface area contributed by atoms with Crippen LogP contribution in [-0.2, 0) is 13.5 Å². The van der Waals surface area contributed by atoms with E-state index in [1.807, 2.05) is 17.9 Å². The van der Waals surface area contributed by atoms with Crippen LogP contribution in [0.3, 0.4) is 0 Å². The van der Waals surface area contributed by atoms with E-state index in [0.29, 0.717) is 11.5 Å². The molecule has 1 N–H and O–H groups in total. The zero-order valence-electron chi connectivity index (χ0n) is 12.7. The fourth-order valence-electron chi connectivity index (χ4n) is 2.27. The molecule has 3 nitrogen and oxygen atoms in total. The monoisotopic (exact) mass is 251 g/mol. The lowest BCUT2D eigenvalue weighted by atomic mass is 9.83. The van der Waals surface area contributed by atoms with Gasteiger partial charge in [0.1, 0.15) is 0 Å². The Bertz CT molecular complexity index is 336. The summed E-state index contributed by atoms with van der Waals surface area (Å²) in [7, 11) is 1.98. The van der Waals surface area contributed by atoms with Crippen LogP contribution in [0.1, 0.15) is 52.5 Å². The number of nitrogens with zero attached hydrogens (tertiary/aromatic N) is 2. The molecule has 18 heavy (non-hydrogen) atoms. The molecular formula is C15H29N3. The summed E-state index contributed by atoms with van der Waals surface area (Å²) in [5.41, 5.74) is 1.69. The second kappa shape index (κ2) is 6.93. The molecule has 1 heterocycles. The van der Waals surface area contributed by atoms with Crippen LogP contribution in [0.2, 0.25) is 0 Å². The van der Waals surface area contributed by atoms with Gasteiger partial charge < -0.3 is 5.32 Å². The van der Waals surface area contributed by atoms with Gasteiger partial charge in [-0.1, -0.05) is 27.7 Å². The number of nitrogens with one attached hydrogen (secondary N) is 1. The molecule has 1 rings (SSSR count). The fourth-order valence-corrected chi connectivity index (χ4v) is 2.27. The summed E-state index contributed by atoms with van der Waals surface area (Å²) in [6.07, 6.45) is 8.89. The third kappa shape index (κ3) is 5.21. The van der Waals surface area contributed by atoms with Crippen molar-refractivity contribution in [2.75, 3.05) is 6.54 Å². The van der Waals surface area contributed by atoms with Gasteiger partial charge in [0.2, 0.25) is 0 Å². The van der Waals surface area contributed by atoms with Gasteiger partial charge in [0.05, 0.1) is 6.20 Å². The number of hydrogen-bond donors (Lipinski definition) is 1. The van der Waals surface area contributed by atoms with Gasteiger partial charge in [0.25, 0.3) is 0 Å². The van der Waals surface area contributed by atoms with Crippen LogP contribution in [0.25, 0.3) is 0 Å². The minimum atomic E-state index is 0.337. The maximum absolute atomic E-state index is 4.21. The Hall–Kier alpha value is -0.830. The standard InChI is InChI=1S/C15H29N3/c1-6-10-16-14(15(2,3)4)9-7-8-13-11-17-18(5)12-13/h11-12,14,16H,6-10H2,1-5H3. The maximum Gasteiger partial charge on any atom is 0.0521 e. The first-order valence-electron chi connectivity index (χ1n) is 7.14. The second-order valence-corrected chi connectivity index (χ2v) is 6.29. The largest absolute Gasteiger partial charge is 0.313 e. The lowest BCUT2D eigenvalue weighted by Crippen LogP contribution is -2.40. The summed E-state index contributed by atoms with van der Waals surface area (Å²) in [6.45, 7) is 10.3. The number of rotatable bonds is 7. The normalized spacial score (nSPS) is 13.8. The molecule has 1 atom stereocenters. The van der Waals surface area contributed by atoms with Gasteiger partial charge in [-0.2, -0.15) is 5.10 Å². The molecule has 3 heteroatoms. The molecule has 0 aliphatic heterocycles. The van der Waals surface area contributed by atoms with E-state index in [2.05, 4.69) is 44.3 Å². The van der Waals surface area contributed by atoms with E-state index in [1.165, 1.54) is 24.8 Å². The predicted octanol–water partition coefficient (Wildman–Crippen LogP) is 3.16. The third-order valence-corrected chi connectivity index (χ3v) is 3.40. The zero-order chi connectivity index (χ0) is 13.6. The molecule has 1 aromatic heterocycles. The predicted molar refractivity (Wildman–Crippen MR) is 77.7 cm³/mol. The van der Waals surface area contributed by atoms with Crippen molar-refractivity contribution >= 4 is 0 Å². The second-order valence-electron chi connectivity index (χ2n) is 6.29. The summed E-state index contributed by atoms with van der Waals surface area (Å²) in [5.74, 6) is 0. The minimum absolute atomic E-state index is 0.337. The summed E-state index contributed by atoms with van der Waals surface area (Å²) in [4.78, 5) is 0. The Morgan fingerprint density at radius 3 is 2.61 bits per heavy atom. The Labute approximate surface area is 112 Å². The van der Waals surface area contributed by atoms with Crippen molar-refractivity contribution in [3.05, 3.63) is 18.0 Å². The smallest absolute Gasteiger partial charge is 0.0521 e. The van der Waals surface area contributed by atoms with Crippen LogP contribution in [0.15, 0.2) is 12.4 Å². The van der Waals surface area contributed by atoms with Crippen LogP contribution in [0.4, 0.5) is 0 Å². The highest BCUT2D eigenvalue weighted by Crippen LogP contribution is 2.23. The lowest BCUT2D eigenvalue weighted by Gasteiger charge is -2.31. The first-order valence-corrected chi connectivity index (χ1v) is 7.14. The zero-order valence-corrected chi connectivity index (χ0v) is 12.7. The molecule has 1 unspecified atom stereocenters. The molecule has 0 saturated heterocycles. The molecule has 1 aromatic rings. The SMILES string of the molecule is CCCNC(CCCc1cnn(C)c1)C(C)(C)C. The topological polar surface area (TPSA) is 29.9 Å². The Balaban J connectivity index is 2.37. The van der Waals surface area contributed by atoms with Crippen LogP contribution in [-0.4, -0.2) is 22.4 Å². The number of hydrogen-bond acceptors (Lipinski definition) is 2. The van der Waals surface area contributed by atoms with Gasteiger partial charge in [-0.3, -0.25) is 4.68 Å². The third-order valence-electron chi connectivity index (χ3n) is 3.40. The highest BCUT2D eigenvalue weighted by atomic mass is 15.2. The average molecular weight is 251 g/mol. The molecule has 0 amide bonds. The van der Waals surface area contributed by atoms with Gasteiger partial charge >= 0.3 is 0 Å². The Morgan fingerprint density at radius 2 is 2.11 bits per heavy atom. The maximum atomic E-state index is 4.21. The van der Waals surface area contributed by atoms with Crippen LogP contribution >= 0.6 is 0 Å². The van der Waals surface area contributed by atoms with E-state index in [9.17, 15) is 0 Å². The van der Waals surface area contributed by atoms with E-state index in [1.54, 1.807) is 0 Å². The van der Waals surface area contributed by atoms with Crippen molar-refractivity contribution in [1.29, 1.82) is 0 Å². The molecule has 104 valence electrons. The van der Waals surface area contributed by atoms with E-state index >= 15 is 0 Å². The highest BCUT2D eigenvalue weighted by Gasteiger charge is 2.23. The minimum Gasteiger partial charge on any atom is -0.313 e. The highest BCUT2D eigenvalue weighted by molar-refractivity contribution is 5.03. The van der Waals surface area contributed by atoms with E-state index in [4.69, 9.17) is 0 Å². The number of aromatic nitrogens is 2. The van der Waals surface area contributed by atoms with Crippen molar-refractivity contribution in [3.8, 4) is 0 Å². The first-order chi connectivity index (χ1) is 8.43. The van der Waals surface area contributed by atoms with Crippen molar-refractivity contribution < 1.29 is 0 Å². The van der Waals surface area contributed by atoms with Crippen molar-refractivity contribution in [3.63, 3.8) is 0 Å². The van der Waals surface area contributed by atoms with Crippen molar-refractivity contribution in [2.24, 2.45) is 12.5 Å². The molecule has 0 bridgehead atoms. The summed E-state index contributed by atoms with van der Waals surface area (Å²) in [6, 6.07) is 0.606. The molecule has 0 aliphatic rings. The Kier molecular flexibility index (Phi) is 5.86. The quantitative estimate of drug-likeness (QED) is 0.806. The lowest BCUT2D eigenvalue weighted by molar-refractivity contribution is 0.251. The molecular weight excluding hydrogens is 222 g/mol. The fraction of sp³-hybridized carbons (Fsp3) is 0.800. The molecule has 0 aromatic carbocycles.